The predicted octanol–water partition coefficient (Wildman–Crippen LogP) is 4.23. The molecule has 0 aliphatic heterocycles. The molecule has 0 bridgehead atoms. The molecular formula is C26H36ClN3O5S. The van der Waals surface area contributed by atoms with Crippen LogP contribution < -0.4 is 14.4 Å². The zero-order valence-electron chi connectivity index (χ0n) is 21.7. The van der Waals surface area contributed by atoms with Gasteiger partial charge in [-0.1, -0.05) is 29.8 Å². The Bertz CT molecular complexity index is 1150. The lowest BCUT2D eigenvalue weighted by atomic mass is 10.1. The Morgan fingerprint density at radius 2 is 1.75 bits per heavy atom. The van der Waals surface area contributed by atoms with Gasteiger partial charge in [0.05, 0.1) is 19.1 Å². The minimum atomic E-state index is -3.58. The number of benzene rings is 2. The van der Waals surface area contributed by atoms with Gasteiger partial charge in [-0.15, -0.1) is 0 Å². The molecule has 2 amide bonds. The highest BCUT2D eigenvalue weighted by Crippen LogP contribution is 2.23. The van der Waals surface area contributed by atoms with Crippen LogP contribution >= 0.6 is 11.6 Å². The van der Waals surface area contributed by atoms with Crippen LogP contribution in [-0.2, 0) is 26.2 Å². The molecule has 10 heteroatoms. The normalized spacial score (nSPS) is 12.5. The second-order valence-electron chi connectivity index (χ2n) is 9.70. The first-order valence-corrected chi connectivity index (χ1v) is 13.9. The van der Waals surface area contributed by atoms with Crippen LogP contribution in [0, 0.1) is 0 Å². The quantitative estimate of drug-likeness (QED) is 0.463. The SMILES string of the molecule is COc1ccc(CN(C(=O)CCCN(c2cccc(Cl)c2)S(C)(=O)=O)[C@H](C)C(=O)NC(C)(C)C)cc1. The number of rotatable bonds is 11. The van der Waals surface area contributed by atoms with E-state index >= 15 is 0 Å². The molecule has 0 saturated heterocycles. The predicted molar refractivity (Wildman–Crippen MR) is 144 cm³/mol. The molecule has 2 aromatic rings. The molecule has 2 aromatic carbocycles. The Morgan fingerprint density at radius 3 is 2.28 bits per heavy atom. The largest absolute Gasteiger partial charge is 0.497 e. The van der Waals surface area contributed by atoms with Crippen molar-refractivity contribution in [1.82, 2.24) is 10.2 Å². The number of nitrogens with one attached hydrogen (secondary N) is 1. The van der Waals surface area contributed by atoms with Crippen molar-refractivity contribution in [1.29, 1.82) is 0 Å². The molecule has 8 nitrogen and oxygen atoms in total. The lowest BCUT2D eigenvalue weighted by molar-refractivity contribution is -0.141. The molecule has 0 aromatic heterocycles. The third kappa shape index (κ3) is 9.02. The van der Waals surface area contributed by atoms with Crippen LogP contribution in [-0.4, -0.2) is 56.6 Å². The molecule has 0 aliphatic rings. The summed E-state index contributed by atoms with van der Waals surface area (Å²) in [6.07, 6.45) is 1.45. The van der Waals surface area contributed by atoms with E-state index in [0.29, 0.717) is 16.5 Å². The van der Waals surface area contributed by atoms with Gasteiger partial charge in [-0.05, 0) is 70.0 Å². The Kier molecular flexibility index (Phi) is 10.2. The number of hydrogen-bond acceptors (Lipinski definition) is 5. The van der Waals surface area contributed by atoms with E-state index in [1.807, 2.05) is 32.9 Å². The van der Waals surface area contributed by atoms with Crippen LogP contribution in [0.3, 0.4) is 0 Å². The summed E-state index contributed by atoms with van der Waals surface area (Å²) in [5.41, 5.74) is 0.828. The first-order chi connectivity index (χ1) is 16.7. The highest BCUT2D eigenvalue weighted by atomic mass is 35.5. The monoisotopic (exact) mass is 537 g/mol. The fourth-order valence-electron chi connectivity index (χ4n) is 3.62. The summed E-state index contributed by atoms with van der Waals surface area (Å²) in [6.45, 7) is 7.65. The minimum Gasteiger partial charge on any atom is -0.497 e. The number of anilines is 1. The van der Waals surface area contributed by atoms with Gasteiger partial charge >= 0.3 is 0 Å². The van der Waals surface area contributed by atoms with Crippen molar-refractivity contribution in [3.8, 4) is 5.75 Å². The van der Waals surface area contributed by atoms with Crippen LogP contribution in [0.25, 0.3) is 0 Å². The van der Waals surface area contributed by atoms with Crippen LogP contribution in [0.15, 0.2) is 48.5 Å². The fourth-order valence-corrected chi connectivity index (χ4v) is 4.76. The standard InChI is InChI=1S/C26H36ClN3O5S/c1-19(25(32)28-26(2,3)4)29(18-20-12-14-23(35-5)15-13-20)24(31)11-8-16-30(36(6,33)34)22-10-7-9-21(27)17-22/h7,9-10,12-15,17,19H,8,11,16,18H2,1-6H3,(H,28,32)/t19-/m1/s1. The summed E-state index contributed by atoms with van der Waals surface area (Å²) in [4.78, 5) is 27.8. The molecule has 0 fully saturated rings. The van der Waals surface area contributed by atoms with Crippen molar-refractivity contribution in [2.24, 2.45) is 0 Å². The molecule has 0 radical (unpaired) electrons. The summed E-state index contributed by atoms with van der Waals surface area (Å²) < 4.78 is 31.2. The number of nitrogens with zero attached hydrogens (tertiary/aromatic N) is 2. The van der Waals surface area contributed by atoms with Crippen molar-refractivity contribution in [2.45, 2.75) is 58.7 Å². The van der Waals surface area contributed by atoms with Crippen LogP contribution in [0.5, 0.6) is 5.75 Å². The van der Waals surface area contributed by atoms with E-state index in [9.17, 15) is 18.0 Å². The van der Waals surface area contributed by atoms with Gasteiger partial charge in [0, 0.05) is 30.1 Å². The van der Waals surface area contributed by atoms with Gasteiger partial charge < -0.3 is 15.0 Å². The molecule has 0 aliphatic carbocycles. The van der Waals surface area contributed by atoms with E-state index in [0.717, 1.165) is 11.8 Å². The molecule has 36 heavy (non-hydrogen) atoms. The molecular weight excluding hydrogens is 502 g/mol. The molecule has 0 saturated carbocycles. The van der Waals surface area contributed by atoms with Gasteiger partial charge in [0.2, 0.25) is 21.8 Å². The summed E-state index contributed by atoms with van der Waals surface area (Å²) in [7, 11) is -2.01. The lowest BCUT2D eigenvalue weighted by Crippen LogP contribution is -2.52. The molecule has 0 unspecified atom stereocenters. The topological polar surface area (TPSA) is 96.0 Å². The Morgan fingerprint density at radius 1 is 1.11 bits per heavy atom. The first-order valence-electron chi connectivity index (χ1n) is 11.7. The van der Waals surface area contributed by atoms with E-state index in [-0.39, 0.29) is 37.7 Å². The lowest BCUT2D eigenvalue weighted by Gasteiger charge is -2.32. The Labute approximate surface area is 219 Å². The van der Waals surface area contributed by atoms with Crippen LogP contribution in [0.1, 0.15) is 46.1 Å². The number of carbonyl (C=O) groups excluding carboxylic acids is 2. The summed E-state index contributed by atoms with van der Waals surface area (Å²) in [5, 5.41) is 3.34. The molecule has 2 rings (SSSR count). The van der Waals surface area contributed by atoms with Crippen LogP contribution in [0.2, 0.25) is 5.02 Å². The van der Waals surface area contributed by atoms with E-state index in [4.69, 9.17) is 16.3 Å². The average molecular weight is 538 g/mol. The minimum absolute atomic E-state index is 0.0654. The van der Waals surface area contributed by atoms with Crippen LogP contribution in [0.4, 0.5) is 5.69 Å². The number of methoxy groups -OCH3 is 1. The molecule has 198 valence electrons. The first kappa shape index (κ1) is 29.5. The highest BCUT2D eigenvalue weighted by Gasteiger charge is 2.28. The maximum atomic E-state index is 13.3. The number of halogens is 1. The zero-order valence-corrected chi connectivity index (χ0v) is 23.3. The molecule has 1 atom stereocenters. The summed E-state index contributed by atoms with van der Waals surface area (Å²) in [5.74, 6) is 0.181. The molecule has 1 N–H and O–H groups in total. The van der Waals surface area contributed by atoms with Gasteiger partial charge in [0.1, 0.15) is 11.8 Å². The number of carbonyl (C=O) groups is 2. The average Bonchev–Trinajstić information content (AvgIpc) is 2.78. The van der Waals surface area contributed by atoms with Gasteiger partial charge in [-0.25, -0.2) is 8.42 Å². The van der Waals surface area contributed by atoms with Crippen molar-refractivity contribution >= 4 is 39.1 Å². The molecule has 0 spiro atoms. The van der Waals surface area contributed by atoms with Gasteiger partial charge in [0.25, 0.3) is 0 Å². The number of ether oxygens (including phenoxy) is 1. The maximum Gasteiger partial charge on any atom is 0.242 e. The van der Waals surface area contributed by atoms with E-state index in [2.05, 4.69) is 5.32 Å². The van der Waals surface area contributed by atoms with Gasteiger partial charge in [-0.3, -0.25) is 13.9 Å². The van der Waals surface area contributed by atoms with Gasteiger partial charge in [0.15, 0.2) is 0 Å². The highest BCUT2D eigenvalue weighted by molar-refractivity contribution is 7.92. The van der Waals surface area contributed by atoms with Crippen molar-refractivity contribution in [3.05, 3.63) is 59.1 Å². The smallest absolute Gasteiger partial charge is 0.242 e. The number of hydrogen-bond donors (Lipinski definition) is 1. The zero-order chi connectivity index (χ0) is 27.1. The second kappa shape index (κ2) is 12.5. The van der Waals surface area contributed by atoms with Crippen molar-refractivity contribution in [2.75, 3.05) is 24.2 Å². The van der Waals surface area contributed by atoms with Crippen molar-refractivity contribution in [3.63, 3.8) is 0 Å². The fraction of sp³-hybridized carbons (Fsp3) is 0.462. The molecule has 0 heterocycles. The van der Waals surface area contributed by atoms with Crippen molar-refractivity contribution < 1.29 is 22.7 Å². The Hall–Kier alpha value is -2.78. The second-order valence-corrected chi connectivity index (χ2v) is 12.0. The van der Waals surface area contributed by atoms with Gasteiger partial charge in [-0.2, -0.15) is 0 Å². The maximum absolute atomic E-state index is 13.3. The third-order valence-electron chi connectivity index (χ3n) is 5.43. The third-order valence-corrected chi connectivity index (χ3v) is 6.85. The summed E-state index contributed by atoms with van der Waals surface area (Å²) >= 11 is 6.04. The van der Waals surface area contributed by atoms with E-state index in [1.165, 1.54) is 9.21 Å². The number of sulfonamides is 1. The van der Waals surface area contributed by atoms with E-state index in [1.54, 1.807) is 50.4 Å². The Balaban J connectivity index is 2.19. The number of amides is 2. The summed E-state index contributed by atoms with van der Waals surface area (Å²) in [6, 6.07) is 13.1. The van der Waals surface area contributed by atoms with E-state index < -0.39 is 21.6 Å².